The molecule has 0 saturated heterocycles. The Balaban J connectivity index is 1.98. The van der Waals surface area contributed by atoms with Gasteiger partial charge < -0.3 is 4.84 Å². The number of hydrogen-bond donors (Lipinski definition) is 0. The summed E-state index contributed by atoms with van der Waals surface area (Å²) in [4.78, 5) is 19.5. The number of rotatable bonds is 5. The standard InChI is InChI=1S/C17H17F3N4O2/c1-3-12(4-2)23-10-11(9-22-23)13-5-7-21-15-14(13)6-8-24(15)26-16(25)17(18,19)20/h5-10,12H,3-4H2,1-2H3. The minimum absolute atomic E-state index is 0.121. The highest BCUT2D eigenvalue weighted by atomic mass is 19.4. The fourth-order valence-electron chi connectivity index (χ4n) is 2.82. The lowest BCUT2D eigenvalue weighted by atomic mass is 10.1. The first-order valence-corrected chi connectivity index (χ1v) is 8.15. The topological polar surface area (TPSA) is 61.9 Å². The largest absolute Gasteiger partial charge is 0.493 e. The van der Waals surface area contributed by atoms with Crippen molar-refractivity contribution in [3.05, 3.63) is 36.9 Å². The smallest absolute Gasteiger partial charge is 0.326 e. The molecule has 0 atom stereocenters. The summed E-state index contributed by atoms with van der Waals surface area (Å²) in [7, 11) is 0. The lowest BCUT2D eigenvalue weighted by molar-refractivity contribution is -0.199. The fraction of sp³-hybridized carbons (Fsp3) is 0.353. The Bertz CT molecular complexity index is 926. The highest BCUT2D eigenvalue weighted by Crippen LogP contribution is 2.29. The molecule has 0 saturated carbocycles. The lowest BCUT2D eigenvalue weighted by Crippen LogP contribution is -2.33. The second kappa shape index (κ2) is 6.81. The summed E-state index contributed by atoms with van der Waals surface area (Å²) in [5.41, 5.74) is 1.67. The molecule has 0 fully saturated rings. The Hall–Kier alpha value is -2.84. The van der Waals surface area contributed by atoms with Crippen LogP contribution in [0.15, 0.2) is 36.9 Å². The van der Waals surface area contributed by atoms with Crippen molar-refractivity contribution in [3.8, 4) is 11.1 Å². The molecule has 26 heavy (non-hydrogen) atoms. The minimum atomic E-state index is -5.08. The van der Waals surface area contributed by atoms with E-state index in [1.165, 1.54) is 12.4 Å². The Morgan fingerprint density at radius 3 is 2.65 bits per heavy atom. The highest BCUT2D eigenvalue weighted by Gasteiger charge is 2.42. The van der Waals surface area contributed by atoms with Gasteiger partial charge in [0.15, 0.2) is 5.65 Å². The Morgan fingerprint density at radius 2 is 2.00 bits per heavy atom. The first-order valence-electron chi connectivity index (χ1n) is 8.15. The molecule has 0 radical (unpaired) electrons. The van der Waals surface area contributed by atoms with Crippen molar-refractivity contribution in [3.63, 3.8) is 0 Å². The quantitative estimate of drug-likeness (QED) is 0.689. The summed E-state index contributed by atoms with van der Waals surface area (Å²) >= 11 is 0. The molecule has 0 aliphatic heterocycles. The summed E-state index contributed by atoms with van der Waals surface area (Å²) in [6, 6.07) is 3.57. The first-order chi connectivity index (χ1) is 12.3. The monoisotopic (exact) mass is 366 g/mol. The van der Waals surface area contributed by atoms with E-state index < -0.39 is 12.1 Å². The summed E-state index contributed by atoms with van der Waals surface area (Å²) in [5.74, 6) is -2.30. The molecule has 0 aliphatic rings. The average molecular weight is 366 g/mol. The van der Waals surface area contributed by atoms with Gasteiger partial charge in [-0.15, -0.1) is 0 Å². The average Bonchev–Trinajstić information content (AvgIpc) is 3.23. The third-order valence-electron chi connectivity index (χ3n) is 4.20. The van der Waals surface area contributed by atoms with E-state index in [4.69, 9.17) is 0 Å². The molecule has 0 N–H and O–H groups in total. The number of hydrogen-bond acceptors (Lipinski definition) is 4. The molecule has 0 aliphatic carbocycles. The molecule has 0 aromatic carbocycles. The van der Waals surface area contributed by atoms with Gasteiger partial charge in [-0.1, -0.05) is 13.8 Å². The van der Waals surface area contributed by atoms with Gasteiger partial charge in [0.1, 0.15) is 0 Å². The summed E-state index contributed by atoms with van der Waals surface area (Å²) < 4.78 is 39.8. The molecule has 0 unspecified atom stereocenters. The molecule has 3 aromatic heterocycles. The van der Waals surface area contributed by atoms with Gasteiger partial charge in [0.2, 0.25) is 0 Å². The number of halogens is 3. The van der Waals surface area contributed by atoms with Gasteiger partial charge in [-0.25, -0.2) is 9.78 Å². The van der Waals surface area contributed by atoms with Crippen molar-refractivity contribution in [2.24, 2.45) is 0 Å². The van der Waals surface area contributed by atoms with Gasteiger partial charge in [0.05, 0.1) is 12.2 Å². The number of carbonyl (C=O) groups is 1. The van der Waals surface area contributed by atoms with Crippen molar-refractivity contribution in [1.29, 1.82) is 0 Å². The zero-order chi connectivity index (χ0) is 18.9. The lowest BCUT2D eigenvalue weighted by Gasteiger charge is -2.12. The second-order valence-electron chi connectivity index (χ2n) is 5.79. The molecule has 0 bridgehead atoms. The molecule has 6 nitrogen and oxygen atoms in total. The number of pyridine rings is 1. The third kappa shape index (κ3) is 3.29. The molecular weight excluding hydrogens is 349 g/mol. The second-order valence-corrected chi connectivity index (χ2v) is 5.79. The van der Waals surface area contributed by atoms with Crippen LogP contribution in [-0.4, -0.2) is 31.6 Å². The molecule has 9 heteroatoms. The Morgan fingerprint density at radius 1 is 1.27 bits per heavy atom. The van der Waals surface area contributed by atoms with Crippen LogP contribution in [0, 0.1) is 0 Å². The highest BCUT2D eigenvalue weighted by molar-refractivity contribution is 5.93. The first kappa shape index (κ1) is 18.0. The van der Waals surface area contributed by atoms with E-state index in [1.54, 1.807) is 18.3 Å². The van der Waals surface area contributed by atoms with E-state index in [-0.39, 0.29) is 11.7 Å². The van der Waals surface area contributed by atoms with Gasteiger partial charge in [-0.05, 0) is 30.5 Å². The zero-order valence-electron chi connectivity index (χ0n) is 14.2. The Kier molecular flexibility index (Phi) is 4.71. The van der Waals surface area contributed by atoms with E-state index in [0.717, 1.165) is 28.7 Å². The predicted octanol–water partition coefficient (Wildman–Crippen LogP) is 3.78. The molecule has 3 rings (SSSR count). The maximum atomic E-state index is 12.4. The van der Waals surface area contributed by atoms with E-state index in [1.807, 2.05) is 10.9 Å². The normalized spacial score (nSPS) is 12.1. The predicted molar refractivity (Wildman–Crippen MR) is 88.2 cm³/mol. The van der Waals surface area contributed by atoms with Crippen LogP contribution in [-0.2, 0) is 4.79 Å². The van der Waals surface area contributed by atoms with Crippen LogP contribution in [0.2, 0.25) is 0 Å². The van der Waals surface area contributed by atoms with E-state index >= 15 is 0 Å². The fourth-order valence-corrected chi connectivity index (χ4v) is 2.82. The maximum Gasteiger partial charge on any atom is 0.493 e. The van der Waals surface area contributed by atoms with Crippen molar-refractivity contribution in [2.45, 2.75) is 38.9 Å². The van der Waals surface area contributed by atoms with Gasteiger partial charge in [-0.2, -0.15) is 23.0 Å². The van der Waals surface area contributed by atoms with Crippen molar-refractivity contribution in [1.82, 2.24) is 19.5 Å². The number of fused-ring (bicyclic) bond motifs is 1. The van der Waals surface area contributed by atoms with Gasteiger partial charge in [0, 0.05) is 29.5 Å². The van der Waals surface area contributed by atoms with E-state index in [2.05, 4.69) is 28.8 Å². The summed E-state index contributed by atoms with van der Waals surface area (Å²) in [6.45, 7) is 4.16. The van der Waals surface area contributed by atoms with Crippen LogP contribution in [0.4, 0.5) is 13.2 Å². The van der Waals surface area contributed by atoms with Crippen molar-refractivity contribution < 1.29 is 22.8 Å². The van der Waals surface area contributed by atoms with E-state index in [9.17, 15) is 18.0 Å². The SMILES string of the molecule is CCC(CC)n1cc(-c2ccnc3c2ccn3OC(=O)C(F)(F)F)cn1. The zero-order valence-corrected chi connectivity index (χ0v) is 14.2. The van der Waals surface area contributed by atoms with E-state index in [0.29, 0.717) is 5.39 Å². The summed E-state index contributed by atoms with van der Waals surface area (Å²) in [5, 5.41) is 4.95. The molecule has 138 valence electrons. The van der Waals surface area contributed by atoms with Crippen LogP contribution < -0.4 is 4.84 Å². The summed E-state index contributed by atoms with van der Waals surface area (Å²) in [6.07, 6.45) is 3.07. The van der Waals surface area contributed by atoms with Crippen LogP contribution >= 0.6 is 0 Å². The number of nitrogens with zero attached hydrogens (tertiary/aromatic N) is 4. The molecule has 0 spiro atoms. The molecule has 3 aromatic rings. The van der Waals surface area contributed by atoms with Crippen molar-refractivity contribution >= 4 is 17.0 Å². The van der Waals surface area contributed by atoms with Crippen LogP contribution in [0.3, 0.4) is 0 Å². The molecule has 3 heterocycles. The molecular formula is C17H17F3N4O2. The Labute approximate surface area is 147 Å². The van der Waals surface area contributed by atoms with Crippen LogP contribution in [0.25, 0.3) is 22.2 Å². The van der Waals surface area contributed by atoms with Crippen molar-refractivity contribution in [2.75, 3.05) is 0 Å². The molecule has 0 amide bonds. The number of aromatic nitrogens is 4. The van der Waals surface area contributed by atoms with Gasteiger partial charge in [-0.3, -0.25) is 4.68 Å². The maximum absolute atomic E-state index is 12.4. The van der Waals surface area contributed by atoms with Crippen LogP contribution in [0.1, 0.15) is 32.7 Å². The minimum Gasteiger partial charge on any atom is -0.326 e. The third-order valence-corrected chi connectivity index (χ3v) is 4.20. The van der Waals surface area contributed by atoms with Gasteiger partial charge in [0.25, 0.3) is 0 Å². The van der Waals surface area contributed by atoms with Crippen LogP contribution in [0.5, 0.6) is 0 Å². The van der Waals surface area contributed by atoms with Gasteiger partial charge >= 0.3 is 12.1 Å². The number of alkyl halides is 3. The number of carbonyl (C=O) groups excluding carboxylic acids is 1.